The second kappa shape index (κ2) is 7.61. The quantitative estimate of drug-likeness (QED) is 0.505. The molecule has 0 saturated carbocycles. The Balaban J connectivity index is 1.53. The standard InChI is InChI=1S/C20H16N4O3S2/c1-29(26,27)24-15-8-6-14(7-9-15)17-12-28-20(22-17)23-19(25)18-16-5-3-2-4-13(16)10-11-21-18/h2-12,24H,1H3,(H,22,23,25). The summed E-state index contributed by atoms with van der Waals surface area (Å²) in [6.45, 7) is 0. The van der Waals surface area contributed by atoms with Crippen LogP contribution in [0.2, 0.25) is 0 Å². The lowest BCUT2D eigenvalue weighted by Crippen LogP contribution is -2.14. The van der Waals surface area contributed by atoms with Gasteiger partial charge in [-0.05, 0) is 23.6 Å². The highest BCUT2D eigenvalue weighted by atomic mass is 32.2. The summed E-state index contributed by atoms with van der Waals surface area (Å²) in [4.78, 5) is 21.3. The zero-order valence-corrected chi connectivity index (χ0v) is 16.9. The van der Waals surface area contributed by atoms with Gasteiger partial charge < -0.3 is 0 Å². The molecule has 4 rings (SSSR count). The van der Waals surface area contributed by atoms with Crippen molar-refractivity contribution in [2.75, 3.05) is 16.3 Å². The number of benzene rings is 2. The van der Waals surface area contributed by atoms with E-state index >= 15 is 0 Å². The Morgan fingerprint density at radius 1 is 1.03 bits per heavy atom. The van der Waals surface area contributed by atoms with E-state index in [2.05, 4.69) is 20.0 Å². The van der Waals surface area contributed by atoms with Crippen molar-refractivity contribution in [2.24, 2.45) is 0 Å². The molecule has 9 heteroatoms. The Labute approximate surface area is 171 Å². The van der Waals surface area contributed by atoms with Crippen LogP contribution in [0.25, 0.3) is 22.0 Å². The fourth-order valence-corrected chi connectivity index (χ4v) is 4.12. The van der Waals surface area contributed by atoms with Gasteiger partial charge in [-0.3, -0.25) is 19.8 Å². The molecule has 0 aliphatic carbocycles. The maximum absolute atomic E-state index is 12.7. The van der Waals surface area contributed by atoms with Gasteiger partial charge in [-0.15, -0.1) is 11.3 Å². The molecule has 1 amide bonds. The normalized spacial score (nSPS) is 11.3. The summed E-state index contributed by atoms with van der Waals surface area (Å²) in [6, 6.07) is 16.3. The van der Waals surface area contributed by atoms with Gasteiger partial charge in [0.2, 0.25) is 10.0 Å². The number of nitrogens with one attached hydrogen (secondary N) is 2. The fraction of sp³-hybridized carbons (Fsp3) is 0.0500. The smallest absolute Gasteiger partial charge is 0.276 e. The number of sulfonamides is 1. The van der Waals surface area contributed by atoms with Crippen LogP contribution in [0, 0.1) is 0 Å². The number of pyridine rings is 1. The number of amides is 1. The number of nitrogens with zero attached hydrogens (tertiary/aromatic N) is 2. The molecule has 29 heavy (non-hydrogen) atoms. The number of aromatic nitrogens is 2. The molecular formula is C20H16N4O3S2. The molecule has 4 aromatic rings. The van der Waals surface area contributed by atoms with E-state index in [0.717, 1.165) is 22.6 Å². The highest BCUT2D eigenvalue weighted by molar-refractivity contribution is 7.92. The molecule has 0 fully saturated rings. The number of hydrogen-bond donors (Lipinski definition) is 2. The van der Waals surface area contributed by atoms with Gasteiger partial charge in [-0.1, -0.05) is 36.4 Å². The van der Waals surface area contributed by atoms with Crippen molar-refractivity contribution in [3.05, 3.63) is 71.9 Å². The molecule has 2 aromatic heterocycles. The number of anilines is 2. The van der Waals surface area contributed by atoms with Crippen molar-refractivity contribution >= 4 is 48.9 Å². The molecule has 2 aromatic carbocycles. The number of hydrogen-bond acceptors (Lipinski definition) is 6. The number of thiazole rings is 1. The predicted octanol–water partition coefficient (Wildman–Crippen LogP) is 3.98. The summed E-state index contributed by atoms with van der Waals surface area (Å²) in [5, 5.41) is 6.79. The highest BCUT2D eigenvalue weighted by Gasteiger charge is 2.14. The Morgan fingerprint density at radius 3 is 2.55 bits per heavy atom. The van der Waals surface area contributed by atoms with E-state index < -0.39 is 10.0 Å². The lowest BCUT2D eigenvalue weighted by molar-refractivity contribution is 0.102. The molecule has 0 saturated heterocycles. The third-order valence-electron chi connectivity index (χ3n) is 4.10. The summed E-state index contributed by atoms with van der Waals surface area (Å²) in [5.74, 6) is -0.324. The van der Waals surface area contributed by atoms with Crippen LogP contribution in [0.1, 0.15) is 10.5 Å². The van der Waals surface area contributed by atoms with E-state index in [1.54, 1.807) is 30.5 Å². The van der Waals surface area contributed by atoms with Crippen molar-refractivity contribution in [1.29, 1.82) is 0 Å². The van der Waals surface area contributed by atoms with Crippen LogP contribution in [0.15, 0.2) is 66.2 Å². The first-order valence-electron chi connectivity index (χ1n) is 8.58. The molecule has 0 radical (unpaired) electrons. The highest BCUT2D eigenvalue weighted by Crippen LogP contribution is 2.27. The van der Waals surface area contributed by atoms with Gasteiger partial charge >= 0.3 is 0 Å². The van der Waals surface area contributed by atoms with Crippen molar-refractivity contribution in [1.82, 2.24) is 9.97 Å². The van der Waals surface area contributed by atoms with Gasteiger partial charge in [0.1, 0.15) is 5.69 Å². The first-order chi connectivity index (χ1) is 13.9. The average Bonchev–Trinajstić information content (AvgIpc) is 3.15. The molecule has 0 spiro atoms. The molecule has 0 aliphatic heterocycles. The summed E-state index contributed by atoms with van der Waals surface area (Å²) in [6.07, 6.45) is 2.71. The van der Waals surface area contributed by atoms with Crippen molar-refractivity contribution in [3.63, 3.8) is 0 Å². The molecule has 2 heterocycles. The van der Waals surface area contributed by atoms with Gasteiger partial charge in [0.25, 0.3) is 5.91 Å². The minimum atomic E-state index is -3.32. The van der Waals surface area contributed by atoms with Gasteiger partial charge in [0.05, 0.1) is 11.9 Å². The van der Waals surface area contributed by atoms with Crippen LogP contribution in [0.4, 0.5) is 10.8 Å². The molecule has 0 aliphatic rings. The van der Waals surface area contributed by atoms with Crippen molar-refractivity contribution < 1.29 is 13.2 Å². The Hall–Kier alpha value is -3.30. The largest absolute Gasteiger partial charge is 0.296 e. The Kier molecular flexibility index (Phi) is 4.99. The van der Waals surface area contributed by atoms with E-state index in [1.807, 2.05) is 35.7 Å². The zero-order valence-electron chi connectivity index (χ0n) is 15.3. The summed E-state index contributed by atoms with van der Waals surface area (Å²) in [5.41, 5.74) is 2.31. The molecule has 0 atom stereocenters. The summed E-state index contributed by atoms with van der Waals surface area (Å²) in [7, 11) is -3.32. The summed E-state index contributed by atoms with van der Waals surface area (Å²) >= 11 is 1.30. The monoisotopic (exact) mass is 424 g/mol. The minimum absolute atomic E-state index is 0.324. The summed E-state index contributed by atoms with van der Waals surface area (Å²) < 4.78 is 25.0. The van der Waals surface area contributed by atoms with Crippen LogP contribution < -0.4 is 10.0 Å². The van der Waals surface area contributed by atoms with E-state index in [0.29, 0.717) is 22.2 Å². The van der Waals surface area contributed by atoms with E-state index in [1.165, 1.54) is 11.3 Å². The maximum atomic E-state index is 12.7. The van der Waals surface area contributed by atoms with E-state index in [9.17, 15) is 13.2 Å². The third kappa shape index (κ3) is 4.41. The predicted molar refractivity (Wildman–Crippen MR) is 116 cm³/mol. The van der Waals surface area contributed by atoms with Gasteiger partial charge in [0.15, 0.2) is 5.13 Å². The molecule has 0 bridgehead atoms. The average molecular weight is 425 g/mol. The topological polar surface area (TPSA) is 101 Å². The number of rotatable bonds is 5. The molecule has 146 valence electrons. The third-order valence-corrected chi connectivity index (χ3v) is 5.46. The number of carbonyl (C=O) groups is 1. The van der Waals surface area contributed by atoms with Gasteiger partial charge in [-0.25, -0.2) is 13.4 Å². The second-order valence-corrected chi connectivity index (χ2v) is 8.93. The first kappa shape index (κ1) is 19.0. The van der Waals surface area contributed by atoms with Crippen LogP contribution in [-0.2, 0) is 10.0 Å². The van der Waals surface area contributed by atoms with Crippen LogP contribution >= 0.6 is 11.3 Å². The van der Waals surface area contributed by atoms with Gasteiger partial charge in [0, 0.05) is 28.2 Å². The Bertz CT molecular complexity index is 1290. The maximum Gasteiger partial charge on any atom is 0.276 e. The zero-order chi connectivity index (χ0) is 20.4. The van der Waals surface area contributed by atoms with Crippen molar-refractivity contribution in [3.8, 4) is 11.3 Å². The Morgan fingerprint density at radius 2 is 1.79 bits per heavy atom. The molecule has 2 N–H and O–H groups in total. The second-order valence-electron chi connectivity index (χ2n) is 6.32. The lowest BCUT2D eigenvalue weighted by atomic mass is 10.1. The van der Waals surface area contributed by atoms with Crippen LogP contribution in [0.3, 0.4) is 0 Å². The number of carbonyl (C=O) groups excluding carboxylic acids is 1. The van der Waals surface area contributed by atoms with Crippen molar-refractivity contribution in [2.45, 2.75) is 0 Å². The first-order valence-corrected chi connectivity index (χ1v) is 11.3. The van der Waals surface area contributed by atoms with Gasteiger partial charge in [-0.2, -0.15) is 0 Å². The molecule has 7 nitrogen and oxygen atoms in total. The van der Waals surface area contributed by atoms with E-state index in [-0.39, 0.29) is 5.91 Å². The molecular weight excluding hydrogens is 408 g/mol. The fourth-order valence-electron chi connectivity index (χ4n) is 2.84. The lowest BCUT2D eigenvalue weighted by Gasteiger charge is -2.05. The molecule has 0 unspecified atom stereocenters. The van der Waals surface area contributed by atoms with E-state index in [4.69, 9.17) is 0 Å². The minimum Gasteiger partial charge on any atom is -0.296 e. The SMILES string of the molecule is CS(=O)(=O)Nc1ccc(-c2csc(NC(=O)c3nccc4ccccc34)n2)cc1. The number of fused-ring (bicyclic) bond motifs is 1. The van der Waals surface area contributed by atoms with Crippen LogP contribution in [-0.4, -0.2) is 30.5 Å². The van der Waals surface area contributed by atoms with Crippen LogP contribution in [0.5, 0.6) is 0 Å².